The SMILES string of the molecule is COc1ccc(Br)c(CC(N)c2cncc(Br)c2)c1. The molecule has 0 saturated heterocycles. The summed E-state index contributed by atoms with van der Waals surface area (Å²) in [6, 6.07) is 7.77. The van der Waals surface area contributed by atoms with Gasteiger partial charge in [-0.05, 0) is 57.7 Å². The van der Waals surface area contributed by atoms with Crippen LogP contribution in [0.5, 0.6) is 5.75 Å². The van der Waals surface area contributed by atoms with E-state index < -0.39 is 0 Å². The molecule has 19 heavy (non-hydrogen) atoms. The van der Waals surface area contributed by atoms with Gasteiger partial charge in [-0.15, -0.1) is 0 Å². The van der Waals surface area contributed by atoms with Gasteiger partial charge in [0, 0.05) is 27.4 Å². The van der Waals surface area contributed by atoms with Crippen molar-refractivity contribution in [1.29, 1.82) is 0 Å². The van der Waals surface area contributed by atoms with Gasteiger partial charge < -0.3 is 10.5 Å². The first-order valence-corrected chi connectivity index (χ1v) is 7.37. The van der Waals surface area contributed by atoms with Gasteiger partial charge in [-0.1, -0.05) is 15.9 Å². The number of rotatable bonds is 4. The Balaban J connectivity index is 2.21. The van der Waals surface area contributed by atoms with Crippen LogP contribution in [0.4, 0.5) is 0 Å². The molecule has 100 valence electrons. The van der Waals surface area contributed by atoms with E-state index in [1.54, 1.807) is 19.5 Å². The molecule has 0 aliphatic rings. The van der Waals surface area contributed by atoms with E-state index in [0.717, 1.165) is 32.2 Å². The van der Waals surface area contributed by atoms with Crippen LogP contribution >= 0.6 is 31.9 Å². The van der Waals surface area contributed by atoms with E-state index in [1.165, 1.54) is 0 Å². The number of hydrogen-bond acceptors (Lipinski definition) is 3. The molecule has 0 saturated carbocycles. The second-order valence-electron chi connectivity index (χ2n) is 4.20. The third-order valence-corrected chi connectivity index (χ3v) is 4.05. The van der Waals surface area contributed by atoms with Crippen molar-refractivity contribution in [2.24, 2.45) is 5.73 Å². The Morgan fingerprint density at radius 1 is 1.26 bits per heavy atom. The van der Waals surface area contributed by atoms with Gasteiger partial charge in [-0.25, -0.2) is 0 Å². The van der Waals surface area contributed by atoms with Gasteiger partial charge in [-0.3, -0.25) is 4.98 Å². The van der Waals surface area contributed by atoms with E-state index in [0.29, 0.717) is 0 Å². The Labute approximate surface area is 129 Å². The molecule has 0 aliphatic heterocycles. The molecule has 0 bridgehead atoms. The third kappa shape index (κ3) is 3.78. The van der Waals surface area contributed by atoms with Crippen LogP contribution in [0.25, 0.3) is 0 Å². The average molecular weight is 386 g/mol. The fraction of sp³-hybridized carbons (Fsp3) is 0.214. The van der Waals surface area contributed by atoms with E-state index in [4.69, 9.17) is 10.5 Å². The molecule has 2 aromatic rings. The Hall–Kier alpha value is -0.910. The van der Waals surface area contributed by atoms with Crippen LogP contribution in [0.1, 0.15) is 17.2 Å². The van der Waals surface area contributed by atoms with Crippen LogP contribution < -0.4 is 10.5 Å². The smallest absolute Gasteiger partial charge is 0.119 e. The Morgan fingerprint density at radius 2 is 2.05 bits per heavy atom. The molecule has 1 heterocycles. The molecule has 2 N–H and O–H groups in total. The number of halogens is 2. The molecular formula is C14H14Br2N2O. The van der Waals surface area contributed by atoms with Crippen molar-refractivity contribution in [3.63, 3.8) is 0 Å². The van der Waals surface area contributed by atoms with Gasteiger partial charge in [0.25, 0.3) is 0 Å². The molecule has 2 rings (SSSR count). The summed E-state index contributed by atoms with van der Waals surface area (Å²) >= 11 is 6.94. The summed E-state index contributed by atoms with van der Waals surface area (Å²) in [6.45, 7) is 0. The number of nitrogens with two attached hydrogens (primary N) is 1. The van der Waals surface area contributed by atoms with Gasteiger partial charge in [0.2, 0.25) is 0 Å². The number of benzene rings is 1. The van der Waals surface area contributed by atoms with Gasteiger partial charge >= 0.3 is 0 Å². The monoisotopic (exact) mass is 384 g/mol. The number of ether oxygens (including phenoxy) is 1. The van der Waals surface area contributed by atoms with E-state index in [1.807, 2.05) is 24.3 Å². The molecule has 0 amide bonds. The predicted molar refractivity (Wildman–Crippen MR) is 83.3 cm³/mol. The van der Waals surface area contributed by atoms with Crippen LogP contribution in [-0.4, -0.2) is 12.1 Å². The normalized spacial score (nSPS) is 12.2. The maximum atomic E-state index is 6.23. The molecule has 3 nitrogen and oxygen atoms in total. The summed E-state index contributed by atoms with van der Waals surface area (Å²) in [6.07, 6.45) is 4.26. The largest absolute Gasteiger partial charge is 0.497 e. The zero-order valence-corrected chi connectivity index (χ0v) is 13.6. The van der Waals surface area contributed by atoms with E-state index in [2.05, 4.69) is 36.8 Å². The highest BCUT2D eigenvalue weighted by atomic mass is 79.9. The summed E-state index contributed by atoms with van der Waals surface area (Å²) in [4.78, 5) is 4.14. The molecule has 0 spiro atoms. The summed E-state index contributed by atoms with van der Waals surface area (Å²) in [5.74, 6) is 0.831. The van der Waals surface area contributed by atoms with Crippen LogP contribution in [-0.2, 0) is 6.42 Å². The van der Waals surface area contributed by atoms with Crippen LogP contribution in [0, 0.1) is 0 Å². The topological polar surface area (TPSA) is 48.1 Å². The lowest BCUT2D eigenvalue weighted by molar-refractivity contribution is 0.414. The minimum absolute atomic E-state index is 0.103. The quantitative estimate of drug-likeness (QED) is 0.869. The highest BCUT2D eigenvalue weighted by Crippen LogP contribution is 2.27. The highest BCUT2D eigenvalue weighted by molar-refractivity contribution is 9.10. The maximum absolute atomic E-state index is 6.23. The number of nitrogens with zero attached hydrogens (tertiary/aromatic N) is 1. The van der Waals surface area contributed by atoms with Crippen molar-refractivity contribution in [3.05, 3.63) is 56.7 Å². The second kappa shape index (κ2) is 6.50. The number of pyridine rings is 1. The molecule has 1 aromatic heterocycles. The standard InChI is InChI=1S/C14H14Br2N2O/c1-19-12-2-3-13(16)9(5-12)6-14(17)10-4-11(15)8-18-7-10/h2-5,7-8,14H,6,17H2,1H3. The molecule has 1 atom stereocenters. The van der Waals surface area contributed by atoms with Gasteiger partial charge in [0.1, 0.15) is 5.75 Å². The molecule has 0 fully saturated rings. The fourth-order valence-corrected chi connectivity index (χ4v) is 2.61. The average Bonchev–Trinajstić information content (AvgIpc) is 2.41. The summed E-state index contributed by atoms with van der Waals surface area (Å²) in [7, 11) is 1.66. The Kier molecular flexibility index (Phi) is 4.96. The van der Waals surface area contributed by atoms with Crippen molar-refractivity contribution >= 4 is 31.9 Å². The molecule has 1 unspecified atom stereocenters. The molecule has 0 radical (unpaired) electrons. The lowest BCUT2D eigenvalue weighted by Crippen LogP contribution is -2.14. The minimum Gasteiger partial charge on any atom is -0.497 e. The van der Waals surface area contributed by atoms with Crippen molar-refractivity contribution in [2.45, 2.75) is 12.5 Å². The van der Waals surface area contributed by atoms with E-state index in [-0.39, 0.29) is 6.04 Å². The van der Waals surface area contributed by atoms with Crippen molar-refractivity contribution in [2.75, 3.05) is 7.11 Å². The van der Waals surface area contributed by atoms with Crippen molar-refractivity contribution in [3.8, 4) is 5.75 Å². The molecule has 1 aromatic carbocycles. The van der Waals surface area contributed by atoms with Crippen LogP contribution in [0.3, 0.4) is 0 Å². The first-order valence-electron chi connectivity index (χ1n) is 5.78. The second-order valence-corrected chi connectivity index (χ2v) is 5.97. The Morgan fingerprint density at radius 3 is 2.74 bits per heavy atom. The lowest BCUT2D eigenvalue weighted by atomic mass is 10.0. The molecule has 5 heteroatoms. The maximum Gasteiger partial charge on any atom is 0.119 e. The highest BCUT2D eigenvalue weighted by Gasteiger charge is 2.11. The zero-order valence-electron chi connectivity index (χ0n) is 10.4. The van der Waals surface area contributed by atoms with E-state index >= 15 is 0 Å². The first kappa shape index (κ1) is 14.5. The summed E-state index contributed by atoms with van der Waals surface area (Å²) in [5.41, 5.74) is 8.36. The van der Waals surface area contributed by atoms with E-state index in [9.17, 15) is 0 Å². The third-order valence-electron chi connectivity index (χ3n) is 2.85. The van der Waals surface area contributed by atoms with Crippen molar-refractivity contribution in [1.82, 2.24) is 4.98 Å². The zero-order chi connectivity index (χ0) is 13.8. The van der Waals surface area contributed by atoms with Gasteiger partial charge in [-0.2, -0.15) is 0 Å². The summed E-state index contributed by atoms with van der Waals surface area (Å²) < 4.78 is 7.20. The predicted octanol–water partition coefficient (Wildman–Crippen LogP) is 3.86. The van der Waals surface area contributed by atoms with Crippen molar-refractivity contribution < 1.29 is 4.74 Å². The van der Waals surface area contributed by atoms with Gasteiger partial charge in [0.15, 0.2) is 0 Å². The number of aromatic nitrogens is 1. The molecular weight excluding hydrogens is 372 g/mol. The molecule has 0 aliphatic carbocycles. The van der Waals surface area contributed by atoms with Crippen LogP contribution in [0.2, 0.25) is 0 Å². The van der Waals surface area contributed by atoms with Crippen LogP contribution in [0.15, 0.2) is 45.6 Å². The fourth-order valence-electron chi connectivity index (χ4n) is 1.82. The number of hydrogen-bond donors (Lipinski definition) is 1. The summed E-state index contributed by atoms with van der Waals surface area (Å²) in [5, 5.41) is 0. The minimum atomic E-state index is -0.103. The number of methoxy groups -OCH3 is 1. The lowest BCUT2D eigenvalue weighted by Gasteiger charge is -2.14. The first-order chi connectivity index (χ1) is 9.10. The Bertz CT molecular complexity index is 575. The van der Waals surface area contributed by atoms with Gasteiger partial charge in [0.05, 0.1) is 7.11 Å².